The van der Waals surface area contributed by atoms with E-state index in [1.165, 1.54) is 34.3 Å². The first-order valence-corrected chi connectivity index (χ1v) is 9.53. The smallest absolute Gasteiger partial charge is 0.0377 e. The minimum atomic E-state index is 0.598. The molecule has 0 saturated carbocycles. The van der Waals surface area contributed by atoms with E-state index in [1.807, 2.05) is 11.8 Å². The summed E-state index contributed by atoms with van der Waals surface area (Å²) in [6, 6.07) is 7.30. The van der Waals surface area contributed by atoms with Gasteiger partial charge in [-0.2, -0.15) is 11.8 Å². The summed E-state index contributed by atoms with van der Waals surface area (Å²) < 4.78 is 1.20. The third-order valence-corrected chi connectivity index (χ3v) is 5.02. The van der Waals surface area contributed by atoms with Crippen molar-refractivity contribution < 1.29 is 0 Å². The number of nitrogens with one attached hydrogen (secondary N) is 1. The number of hydrogen-bond donors (Lipinski definition) is 1. The first kappa shape index (κ1) is 17.9. The number of benzene rings is 1. The molecular formula is C16H27BrN2S. The van der Waals surface area contributed by atoms with E-state index in [-0.39, 0.29) is 0 Å². The highest BCUT2D eigenvalue weighted by Gasteiger charge is 2.13. The summed E-state index contributed by atoms with van der Waals surface area (Å²) in [7, 11) is 2.20. The van der Waals surface area contributed by atoms with Crippen LogP contribution in [0.5, 0.6) is 0 Å². The standard InChI is InChI=1S/C16H27BrN2S/c1-5-9-18-11-13-7-8-15(10-16(13)17)19(3)14(6-2)12-20-4/h7-8,10,14,18H,5-6,9,11-12H2,1-4H3. The fourth-order valence-corrected chi connectivity index (χ4v) is 3.56. The predicted molar refractivity (Wildman–Crippen MR) is 97.0 cm³/mol. The van der Waals surface area contributed by atoms with E-state index >= 15 is 0 Å². The molecule has 1 atom stereocenters. The molecule has 0 aromatic heterocycles. The lowest BCUT2D eigenvalue weighted by atomic mass is 10.1. The van der Waals surface area contributed by atoms with Crippen molar-refractivity contribution >= 4 is 33.4 Å². The summed E-state index contributed by atoms with van der Waals surface area (Å²) in [5.74, 6) is 1.17. The van der Waals surface area contributed by atoms with Crippen LogP contribution in [0, 0.1) is 0 Å². The van der Waals surface area contributed by atoms with Gasteiger partial charge in [0, 0.05) is 35.5 Å². The molecule has 1 unspecified atom stereocenters. The summed E-state index contributed by atoms with van der Waals surface area (Å²) in [5.41, 5.74) is 2.62. The summed E-state index contributed by atoms with van der Waals surface area (Å²) in [5, 5.41) is 3.45. The van der Waals surface area contributed by atoms with Crippen molar-refractivity contribution in [3.05, 3.63) is 28.2 Å². The Morgan fingerprint density at radius 2 is 2.10 bits per heavy atom. The third kappa shape index (κ3) is 5.30. The maximum absolute atomic E-state index is 3.71. The van der Waals surface area contributed by atoms with Crippen molar-refractivity contribution in [2.45, 2.75) is 39.3 Å². The van der Waals surface area contributed by atoms with Gasteiger partial charge in [0.05, 0.1) is 0 Å². The molecule has 0 fully saturated rings. The zero-order valence-corrected chi connectivity index (χ0v) is 15.5. The maximum atomic E-state index is 3.71. The number of nitrogens with zero attached hydrogens (tertiary/aromatic N) is 1. The van der Waals surface area contributed by atoms with E-state index < -0.39 is 0 Å². The van der Waals surface area contributed by atoms with Crippen molar-refractivity contribution in [2.75, 3.05) is 30.5 Å². The second-order valence-electron chi connectivity index (χ2n) is 5.08. The first-order chi connectivity index (χ1) is 9.63. The topological polar surface area (TPSA) is 15.3 Å². The molecule has 114 valence electrons. The third-order valence-electron chi connectivity index (χ3n) is 3.56. The van der Waals surface area contributed by atoms with Crippen molar-refractivity contribution in [1.29, 1.82) is 0 Å². The SMILES string of the molecule is CCCNCc1ccc(N(C)C(CC)CSC)cc1Br. The Bertz CT molecular complexity index is 398. The van der Waals surface area contributed by atoms with E-state index in [0.29, 0.717) is 6.04 Å². The van der Waals surface area contributed by atoms with Gasteiger partial charge in [-0.05, 0) is 43.3 Å². The Hall–Kier alpha value is -0.190. The second kappa shape index (κ2) is 9.69. The Morgan fingerprint density at radius 3 is 2.65 bits per heavy atom. The van der Waals surface area contributed by atoms with E-state index in [4.69, 9.17) is 0 Å². The molecule has 0 bridgehead atoms. The van der Waals surface area contributed by atoms with Crippen LogP contribution in [0.4, 0.5) is 5.69 Å². The molecule has 2 nitrogen and oxygen atoms in total. The van der Waals surface area contributed by atoms with Gasteiger partial charge in [-0.1, -0.05) is 35.8 Å². The van der Waals surface area contributed by atoms with Gasteiger partial charge in [-0.25, -0.2) is 0 Å². The van der Waals surface area contributed by atoms with Gasteiger partial charge in [0.1, 0.15) is 0 Å². The summed E-state index contributed by atoms with van der Waals surface area (Å²) >= 11 is 5.62. The number of halogens is 1. The highest BCUT2D eigenvalue weighted by atomic mass is 79.9. The minimum Gasteiger partial charge on any atom is -0.371 e. The quantitative estimate of drug-likeness (QED) is 0.653. The normalized spacial score (nSPS) is 12.4. The summed E-state index contributed by atoms with van der Waals surface area (Å²) in [4.78, 5) is 2.39. The van der Waals surface area contributed by atoms with Gasteiger partial charge in [0.2, 0.25) is 0 Å². The molecule has 0 radical (unpaired) electrons. The molecule has 1 aromatic rings. The molecule has 0 saturated heterocycles. The lowest BCUT2D eigenvalue weighted by molar-refractivity contribution is 0.668. The van der Waals surface area contributed by atoms with Crippen molar-refractivity contribution in [2.24, 2.45) is 0 Å². The number of rotatable bonds is 9. The average Bonchev–Trinajstić information content (AvgIpc) is 2.46. The molecule has 0 aliphatic carbocycles. The number of thioether (sulfide) groups is 1. The lowest BCUT2D eigenvalue weighted by Crippen LogP contribution is -2.33. The van der Waals surface area contributed by atoms with Gasteiger partial charge in [-0.15, -0.1) is 0 Å². The largest absolute Gasteiger partial charge is 0.371 e. The molecule has 0 aliphatic rings. The van der Waals surface area contributed by atoms with Crippen molar-refractivity contribution in [3.63, 3.8) is 0 Å². The molecule has 20 heavy (non-hydrogen) atoms. The van der Waals surface area contributed by atoms with Crippen LogP contribution in [-0.4, -0.2) is 31.6 Å². The molecule has 1 N–H and O–H groups in total. The zero-order valence-electron chi connectivity index (χ0n) is 13.1. The number of hydrogen-bond acceptors (Lipinski definition) is 3. The van der Waals surface area contributed by atoms with Crippen LogP contribution in [-0.2, 0) is 6.54 Å². The van der Waals surface area contributed by atoms with Crippen molar-refractivity contribution in [1.82, 2.24) is 5.32 Å². The van der Waals surface area contributed by atoms with Gasteiger partial charge < -0.3 is 10.2 Å². The average molecular weight is 359 g/mol. The molecule has 1 rings (SSSR count). The molecule has 0 spiro atoms. The predicted octanol–water partition coefficient (Wildman–Crippen LogP) is 4.53. The van der Waals surface area contributed by atoms with Crippen molar-refractivity contribution in [3.8, 4) is 0 Å². The monoisotopic (exact) mass is 358 g/mol. The fourth-order valence-electron chi connectivity index (χ4n) is 2.21. The highest BCUT2D eigenvalue weighted by Crippen LogP contribution is 2.26. The van der Waals surface area contributed by atoms with E-state index in [9.17, 15) is 0 Å². The van der Waals surface area contributed by atoms with Crippen LogP contribution in [0.2, 0.25) is 0 Å². The summed E-state index contributed by atoms with van der Waals surface area (Å²) in [6.45, 7) is 6.45. The van der Waals surface area contributed by atoms with Gasteiger partial charge in [0.25, 0.3) is 0 Å². The van der Waals surface area contributed by atoms with Crippen LogP contribution in [0.15, 0.2) is 22.7 Å². The van der Waals surface area contributed by atoms with Crippen LogP contribution in [0.3, 0.4) is 0 Å². The number of anilines is 1. The van der Waals surface area contributed by atoms with Gasteiger partial charge in [-0.3, -0.25) is 0 Å². The Balaban J connectivity index is 2.74. The van der Waals surface area contributed by atoms with E-state index in [2.05, 4.69) is 71.5 Å². The van der Waals surface area contributed by atoms with Crippen LogP contribution >= 0.6 is 27.7 Å². The Labute approximate surface area is 136 Å². The zero-order chi connectivity index (χ0) is 15.0. The highest BCUT2D eigenvalue weighted by molar-refractivity contribution is 9.10. The fraction of sp³-hybridized carbons (Fsp3) is 0.625. The Morgan fingerprint density at radius 1 is 1.35 bits per heavy atom. The van der Waals surface area contributed by atoms with Crippen LogP contribution in [0.1, 0.15) is 32.3 Å². The van der Waals surface area contributed by atoms with E-state index in [0.717, 1.165) is 13.1 Å². The molecule has 4 heteroatoms. The van der Waals surface area contributed by atoms with Crippen LogP contribution < -0.4 is 10.2 Å². The van der Waals surface area contributed by atoms with Gasteiger partial charge in [0.15, 0.2) is 0 Å². The van der Waals surface area contributed by atoms with E-state index in [1.54, 1.807) is 0 Å². The summed E-state index contributed by atoms with van der Waals surface area (Å²) in [6.07, 6.45) is 4.52. The minimum absolute atomic E-state index is 0.598. The lowest BCUT2D eigenvalue weighted by Gasteiger charge is -2.29. The molecule has 1 aromatic carbocycles. The molecular weight excluding hydrogens is 332 g/mol. The molecule has 0 amide bonds. The Kier molecular flexibility index (Phi) is 8.66. The first-order valence-electron chi connectivity index (χ1n) is 7.34. The maximum Gasteiger partial charge on any atom is 0.0377 e. The van der Waals surface area contributed by atoms with Gasteiger partial charge >= 0.3 is 0 Å². The molecule has 0 aliphatic heterocycles. The molecule has 0 heterocycles. The van der Waals surface area contributed by atoms with Crippen LogP contribution in [0.25, 0.3) is 0 Å². The second-order valence-corrected chi connectivity index (χ2v) is 6.85.